The second-order valence-electron chi connectivity index (χ2n) is 4.35. The van der Waals surface area contributed by atoms with E-state index in [1.54, 1.807) is 17.5 Å². The van der Waals surface area contributed by atoms with Gasteiger partial charge < -0.3 is 5.32 Å². The zero-order valence-corrected chi connectivity index (χ0v) is 14.1. The molecule has 1 N–H and O–H groups in total. The molecule has 0 spiro atoms. The van der Waals surface area contributed by atoms with Crippen LogP contribution in [0.15, 0.2) is 34.1 Å². The minimum atomic E-state index is -4.42. The second kappa shape index (κ2) is 6.69. The smallest absolute Gasteiger partial charge is 0.306 e. The Bertz CT molecular complexity index is 627. The summed E-state index contributed by atoms with van der Waals surface area (Å²) >= 11 is 10.5. The van der Waals surface area contributed by atoms with Crippen molar-refractivity contribution in [3.05, 3.63) is 55.1 Å². The SMILES string of the molecule is CCNC(c1ccc(Br)cc1C(F)(F)F)c1sccc1Cl. The van der Waals surface area contributed by atoms with E-state index in [1.165, 1.54) is 17.4 Å². The van der Waals surface area contributed by atoms with Gasteiger partial charge in [0.05, 0.1) is 16.6 Å². The van der Waals surface area contributed by atoms with Crippen molar-refractivity contribution in [2.45, 2.75) is 19.1 Å². The van der Waals surface area contributed by atoms with E-state index < -0.39 is 17.8 Å². The highest BCUT2D eigenvalue weighted by Gasteiger charge is 2.36. The maximum Gasteiger partial charge on any atom is 0.416 e. The molecule has 0 bridgehead atoms. The van der Waals surface area contributed by atoms with Crippen LogP contribution in [0.3, 0.4) is 0 Å². The Kier molecular flexibility index (Phi) is 5.35. The number of benzene rings is 1. The first-order chi connectivity index (χ1) is 9.84. The highest BCUT2D eigenvalue weighted by Crippen LogP contribution is 2.40. The van der Waals surface area contributed by atoms with Crippen molar-refractivity contribution >= 4 is 38.9 Å². The van der Waals surface area contributed by atoms with E-state index in [0.717, 1.165) is 6.07 Å². The molecule has 114 valence electrons. The molecule has 1 heterocycles. The Hall–Kier alpha value is -0.560. The summed E-state index contributed by atoms with van der Waals surface area (Å²) in [6, 6.07) is 5.30. The maximum atomic E-state index is 13.3. The molecule has 1 unspecified atom stereocenters. The van der Waals surface area contributed by atoms with E-state index in [2.05, 4.69) is 21.2 Å². The third-order valence-corrected chi connectivity index (χ3v) is 4.86. The summed E-state index contributed by atoms with van der Waals surface area (Å²) in [4.78, 5) is 0.686. The number of hydrogen-bond acceptors (Lipinski definition) is 2. The fourth-order valence-corrected chi connectivity index (χ4v) is 3.70. The molecule has 1 atom stereocenters. The van der Waals surface area contributed by atoms with E-state index in [1.807, 2.05) is 6.92 Å². The first kappa shape index (κ1) is 16.8. The van der Waals surface area contributed by atoms with Gasteiger partial charge in [0.25, 0.3) is 0 Å². The van der Waals surface area contributed by atoms with Crippen LogP contribution in [0, 0.1) is 0 Å². The van der Waals surface area contributed by atoms with Crippen LogP contribution in [0.2, 0.25) is 5.02 Å². The molecule has 0 aliphatic rings. The van der Waals surface area contributed by atoms with E-state index in [4.69, 9.17) is 11.6 Å². The molecule has 21 heavy (non-hydrogen) atoms. The summed E-state index contributed by atoms with van der Waals surface area (Å²) in [6.45, 7) is 2.38. The van der Waals surface area contributed by atoms with Crippen LogP contribution >= 0.6 is 38.9 Å². The van der Waals surface area contributed by atoms with Crippen molar-refractivity contribution in [1.29, 1.82) is 0 Å². The average Bonchev–Trinajstić information content (AvgIpc) is 2.81. The topological polar surface area (TPSA) is 12.0 Å². The fraction of sp³-hybridized carbons (Fsp3) is 0.286. The molecule has 1 aromatic carbocycles. The average molecular weight is 399 g/mol. The van der Waals surface area contributed by atoms with Crippen LogP contribution in [0.25, 0.3) is 0 Å². The molecule has 7 heteroatoms. The molecule has 0 aliphatic heterocycles. The van der Waals surface area contributed by atoms with Gasteiger partial charge in [0.1, 0.15) is 0 Å². The number of thiophene rings is 1. The number of halogens is 5. The van der Waals surface area contributed by atoms with Crippen LogP contribution in [-0.4, -0.2) is 6.54 Å². The van der Waals surface area contributed by atoms with Crippen LogP contribution in [0.4, 0.5) is 13.2 Å². The summed E-state index contributed by atoms with van der Waals surface area (Å²) in [6.07, 6.45) is -4.42. The third-order valence-electron chi connectivity index (χ3n) is 2.95. The largest absolute Gasteiger partial charge is 0.416 e. The fourth-order valence-electron chi connectivity index (χ4n) is 2.09. The van der Waals surface area contributed by atoms with Gasteiger partial charge in [-0.3, -0.25) is 0 Å². The number of hydrogen-bond donors (Lipinski definition) is 1. The zero-order chi connectivity index (χ0) is 15.6. The minimum absolute atomic E-state index is 0.178. The van der Waals surface area contributed by atoms with Gasteiger partial charge in [-0.05, 0) is 35.7 Å². The Balaban J connectivity index is 2.58. The standard InChI is InChI=1S/C14H12BrClF3NS/c1-2-20-12(13-11(16)5-6-21-13)9-4-3-8(15)7-10(9)14(17,18)19/h3-7,12,20H,2H2,1H3. The molecule has 0 saturated heterocycles. The van der Waals surface area contributed by atoms with Crippen molar-refractivity contribution < 1.29 is 13.2 Å². The molecular formula is C14H12BrClF3NS. The summed E-state index contributed by atoms with van der Waals surface area (Å²) in [7, 11) is 0. The van der Waals surface area contributed by atoms with Crippen molar-refractivity contribution in [2.24, 2.45) is 0 Å². The van der Waals surface area contributed by atoms with Crippen molar-refractivity contribution in [1.82, 2.24) is 5.32 Å². The van der Waals surface area contributed by atoms with Gasteiger partial charge in [0, 0.05) is 9.35 Å². The van der Waals surface area contributed by atoms with Gasteiger partial charge in [0.2, 0.25) is 0 Å². The Labute approximate surface area is 138 Å². The molecule has 0 aliphatic carbocycles. The molecule has 1 aromatic heterocycles. The zero-order valence-electron chi connectivity index (χ0n) is 11.0. The Morgan fingerprint density at radius 3 is 2.57 bits per heavy atom. The maximum absolute atomic E-state index is 13.3. The Morgan fingerprint density at radius 1 is 1.33 bits per heavy atom. The van der Waals surface area contributed by atoms with Crippen LogP contribution in [0.1, 0.15) is 29.0 Å². The van der Waals surface area contributed by atoms with Crippen molar-refractivity contribution in [3.8, 4) is 0 Å². The van der Waals surface area contributed by atoms with Crippen LogP contribution < -0.4 is 5.32 Å². The van der Waals surface area contributed by atoms with Crippen LogP contribution in [0.5, 0.6) is 0 Å². The van der Waals surface area contributed by atoms with E-state index in [9.17, 15) is 13.2 Å². The summed E-state index contributed by atoms with van der Waals surface area (Å²) in [5.74, 6) is 0. The quantitative estimate of drug-likeness (QED) is 0.678. The minimum Gasteiger partial charge on any atom is -0.306 e. The Morgan fingerprint density at radius 2 is 2.05 bits per heavy atom. The van der Waals surface area contributed by atoms with Crippen LogP contribution in [-0.2, 0) is 6.18 Å². The van der Waals surface area contributed by atoms with E-state index in [0.29, 0.717) is 20.9 Å². The first-order valence-electron chi connectivity index (χ1n) is 6.17. The molecule has 0 fully saturated rings. The normalized spacial score (nSPS) is 13.4. The molecule has 0 saturated carbocycles. The summed E-state index contributed by atoms with van der Waals surface area (Å²) in [5, 5.41) is 5.33. The van der Waals surface area contributed by atoms with Gasteiger partial charge in [-0.15, -0.1) is 11.3 Å². The van der Waals surface area contributed by atoms with Gasteiger partial charge >= 0.3 is 6.18 Å². The van der Waals surface area contributed by atoms with Gasteiger partial charge in [-0.1, -0.05) is 40.5 Å². The molecule has 0 amide bonds. The van der Waals surface area contributed by atoms with Crippen molar-refractivity contribution in [3.63, 3.8) is 0 Å². The lowest BCUT2D eigenvalue weighted by atomic mass is 9.98. The lowest BCUT2D eigenvalue weighted by Crippen LogP contribution is -2.24. The highest BCUT2D eigenvalue weighted by atomic mass is 79.9. The van der Waals surface area contributed by atoms with Crippen molar-refractivity contribution in [2.75, 3.05) is 6.54 Å². The van der Waals surface area contributed by atoms with E-state index in [-0.39, 0.29) is 5.56 Å². The summed E-state index contributed by atoms with van der Waals surface area (Å²) < 4.78 is 40.3. The lowest BCUT2D eigenvalue weighted by molar-refractivity contribution is -0.138. The highest BCUT2D eigenvalue weighted by molar-refractivity contribution is 9.10. The summed E-state index contributed by atoms with van der Waals surface area (Å²) in [5.41, 5.74) is -0.482. The monoisotopic (exact) mass is 397 g/mol. The van der Waals surface area contributed by atoms with Gasteiger partial charge in [-0.25, -0.2) is 0 Å². The first-order valence-corrected chi connectivity index (χ1v) is 8.22. The predicted octanol–water partition coefficient (Wildman–Crippen LogP) is 5.88. The second-order valence-corrected chi connectivity index (χ2v) is 6.62. The van der Waals surface area contributed by atoms with Gasteiger partial charge in [-0.2, -0.15) is 13.2 Å². The molecule has 0 radical (unpaired) electrons. The number of alkyl halides is 3. The molecule has 2 rings (SSSR count). The molecule has 1 nitrogen and oxygen atoms in total. The lowest BCUT2D eigenvalue weighted by Gasteiger charge is -2.22. The van der Waals surface area contributed by atoms with E-state index >= 15 is 0 Å². The number of nitrogens with one attached hydrogen (secondary N) is 1. The van der Waals surface area contributed by atoms with Gasteiger partial charge in [0.15, 0.2) is 0 Å². The third kappa shape index (κ3) is 3.80. The molecular weight excluding hydrogens is 387 g/mol. The number of rotatable bonds is 4. The predicted molar refractivity (Wildman–Crippen MR) is 84.0 cm³/mol. The molecule has 2 aromatic rings.